The highest BCUT2D eigenvalue weighted by molar-refractivity contribution is 5.82. The smallest absolute Gasteiger partial charge is 0.408 e. The monoisotopic (exact) mass is 207 g/mol. The van der Waals surface area contributed by atoms with Crippen molar-refractivity contribution in [2.24, 2.45) is 0 Å². The maximum atomic E-state index is 11.0. The number of hydrogen-bond acceptors (Lipinski definition) is 2. The molecule has 0 aromatic heterocycles. The predicted molar refractivity (Wildman–Crippen MR) is 50.4 cm³/mol. The Morgan fingerprint density at radius 1 is 1.27 bits per heavy atom. The molecule has 1 atom stereocenters. The van der Waals surface area contributed by atoms with E-state index in [2.05, 4.69) is 0 Å². The lowest BCUT2D eigenvalue weighted by molar-refractivity contribution is -0.142. The molecule has 0 saturated carbocycles. The van der Waals surface area contributed by atoms with Crippen molar-refractivity contribution in [3.63, 3.8) is 0 Å². The van der Waals surface area contributed by atoms with E-state index in [1.54, 1.807) is 24.3 Å². The molecular formula is C10H9NO4. The van der Waals surface area contributed by atoms with E-state index in [-0.39, 0.29) is 6.54 Å². The molecule has 1 aliphatic heterocycles. The molecule has 15 heavy (non-hydrogen) atoms. The van der Waals surface area contributed by atoms with Crippen molar-refractivity contribution in [3.05, 3.63) is 35.4 Å². The normalized spacial score (nSPS) is 18.7. The number of rotatable bonds is 1. The van der Waals surface area contributed by atoms with Crippen LogP contribution in [0.5, 0.6) is 0 Å². The molecule has 2 N–H and O–H groups in total. The van der Waals surface area contributed by atoms with Crippen LogP contribution in [-0.4, -0.2) is 27.2 Å². The van der Waals surface area contributed by atoms with Crippen LogP contribution < -0.4 is 0 Å². The standard InChI is InChI=1S/C10H9NO4/c12-9(13)8-7-4-2-1-3-6(7)5-11(8)10(14)15/h1-4,8H,5H2,(H,12,13)(H,14,15). The highest BCUT2D eigenvalue weighted by Crippen LogP contribution is 2.33. The van der Waals surface area contributed by atoms with Gasteiger partial charge in [0.2, 0.25) is 0 Å². The number of carboxylic acids is 1. The second-order valence-electron chi connectivity index (χ2n) is 3.35. The van der Waals surface area contributed by atoms with Crippen LogP contribution in [-0.2, 0) is 11.3 Å². The molecule has 0 aliphatic carbocycles. The summed E-state index contributed by atoms with van der Waals surface area (Å²) in [5, 5.41) is 17.8. The summed E-state index contributed by atoms with van der Waals surface area (Å²) in [6.07, 6.45) is -1.21. The summed E-state index contributed by atoms with van der Waals surface area (Å²) in [6.45, 7) is 0.141. The van der Waals surface area contributed by atoms with Crippen LogP contribution in [0.2, 0.25) is 0 Å². The fraction of sp³-hybridized carbons (Fsp3) is 0.200. The topological polar surface area (TPSA) is 77.8 Å². The summed E-state index contributed by atoms with van der Waals surface area (Å²) < 4.78 is 0. The Morgan fingerprint density at radius 2 is 1.93 bits per heavy atom. The molecule has 1 aromatic carbocycles. The molecule has 0 fully saturated rings. The van der Waals surface area contributed by atoms with E-state index in [1.807, 2.05) is 0 Å². The first-order chi connectivity index (χ1) is 7.11. The number of aliphatic carboxylic acids is 1. The van der Waals surface area contributed by atoms with Gasteiger partial charge in [0, 0.05) is 0 Å². The summed E-state index contributed by atoms with van der Waals surface area (Å²) in [5.41, 5.74) is 1.32. The SMILES string of the molecule is O=C(O)C1c2ccccc2CN1C(=O)O. The average Bonchev–Trinajstić information content (AvgIpc) is 2.56. The second kappa shape index (κ2) is 3.27. The van der Waals surface area contributed by atoms with E-state index in [0.29, 0.717) is 5.56 Å². The summed E-state index contributed by atoms with van der Waals surface area (Å²) in [6, 6.07) is 5.80. The van der Waals surface area contributed by atoms with E-state index in [0.717, 1.165) is 10.5 Å². The first-order valence-electron chi connectivity index (χ1n) is 4.41. The van der Waals surface area contributed by atoms with Gasteiger partial charge >= 0.3 is 12.1 Å². The van der Waals surface area contributed by atoms with Gasteiger partial charge in [0.05, 0.1) is 6.54 Å². The Labute approximate surface area is 85.6 Å². The number of amides is 1. The third kappa shape index (κ3) is 1.41. The molecule has 1 heterocycles. The summed E-state index contributed by atoms with van der Waals surface area (Å²) in [4.78, 5) is 22.7. The number of benzene rings is 1. The van der Waals surface area contributed by atoms with Crippen molar-refractivity contribution >= 4 is 12.1 Å². The maximum absolute atomic E-state index is 11.0. The van der Waals surface area contributed by atoms with Gasteiger partial charge in [-0.05, 0) is 11.1 Å². The molecule has 1 amide bonds. The molecule has 2 rings (SSSR count). The molecule has 1 aliphatic rings. The van der Waals surface area contributed by atoms with Crippen molar-refractivity contribution in [1.82, 2.24) is 4.90 Å². The molecule has 5 heteroatoms. The van der Waals surface area contributed by atoms with Crippen LogP contribution in [0.4, 0.5) is 4.79 Å². The molecule has 1 aromatic rings. The van der Waals surface area contributed by atoms with Crippen molar-refractivity contribution in [2.75, 3.05) is 0 Å². The molecule has 0 spiro atoms. The summed E-state index contributed by atoms with van der Waals surface area (Å²) in [7, 11) is 0. The maximum Gasteiger partial charge on any atom is 0.408 e. The minimum atomic E-state index is -1.21. The molecule has 0 bridgehead atoms. The first kappa shape index (κ1) is 9.51. The van der Waals surface area contributed by atoms with Crippen molar-refractivity contribution in [2.45, 2.75) is 12.6 Å². The van der Waals surface area contributed by atoms with Crippen LogP contribution in [0.25, 0.3) is 0 Å². The Bertz CT molecular complexity index is 429. The van der Waals surface area contributed by atoms with Gasteiger partial charge in [0.1, 0.15) is 0 Å². The van der Waals surface area contributed by atoms with E-state index in [1.165, 1.54) is 0 Å². The van der Waals surface area contributed by atoms with Crippen molar-refractivity contribution in [1.29, 1.82) is 0 Å². The van der Waals surface area contributed by atoms with Gasteiger partial charge in [-0.15, -0.1) is 0 Å². The quantitative estimate of drug-likeness (QED) is 0.727. The predicted octanol–water partition coefficient (Wildman–Crippen LogP) is 1.31. The fourth-order valence-electron chi connectivity index (χ4n) is 1.83. The lowest BCUT2D eigenvalue weighted by atomic mass is 10.1. The van der Waals surface area contributed by atoms with Gasteiger partial charge in [-0.2, -0.15) is 0 Å². The van der Waals surface area contributed by atoms with Crippen LogP contribution in [0.15, 0.2) is 24.3 Å². The van der Waals surface area contributed by atoms with E-state index in [4.69, 9.17) is 10.2 Å². The molecule has 0 saturated heterocycles. The third-order valence-corrected chi connectivity index (χ3v) is 2.48. The first-order valence-corrected chi connectivity index (χ1v) is 4.41. The van der Waals surface area contributed by atoms with Crippen LogP contribution in [0.1, 0.15) is 17.2 Å². The zero-order valence-corrected chi connectivity index (χ0v) is 7.75. The van der Waals surface area contributed by atoms with Crippen molar-refractivity contribution in [3.8, 4) is 0 Å². The Kier molecular flexibility index (Phi) is 2.07. The Hall–Kier alpha value is -2.04. The highest BCUT2D eigenvalue weighted by Gasteiger charge is 2.38. The number of carbonyl (C=O) groups is 2. The van der Waals surface area contributed by atoms with E-state index in [9.17, 15) is 9.59 Å². The van der Waals surface area contributed by atoms with Gasteiger partial charge in [-0.3, -0.25) is 4.90 Å². The molecule has 78 valence electrons. The number of carboxylic acid groups (broad SMARTS) is 2. The summed E-state index contributed by atoms with van der Waals surface area (Å²) in [5.74, 6) is -1.14. The van der Waals surface area contributed by atoms with Crippen LogP contribution >= 0.6 is 0 Å². The largest absolute Gasteiger partial charge is 0.479 e. The molecule has 1 unspecified atom stereocenters. The van der Waals surface area contributed by atoms with Gasteiger partial charge in [-0.1, -0.05) is 24.3 Å². The molecular weight excluding hydrogens is 198 g/mol. The molecule has 5 nitrogen and oxygen atoms in total. The zero-order chi connectivity index (χ0) is 11.0. The highest BCUT2D eigenvalue weighted by atomic mass is 16.4. The van der Waals surface area contributed by atoms with Gasteiger partial charge < -0.3 is 10.2 Å². The zero-order valence-electron chi connectivity index (χ0n) is 7.75. The lowest BCUT2D eigenvalue weighted by Gasteiger charge is -2.17. The third-order valence-electron chi connectivity index (χ3n) is 2.48. The number of hydrogen-bond donors (Lipinski definition) is 2. The summed E-state index contributed by atoms with van der Waals surface area (Å²) >= 11 is 0. The average molecular weight is 207 g/mol. The van der Waals surface area contributed by atoms with Crippen molar-refractivity contribution < 1.29 is 19.8 Å². The lowest BCUT2D eigenvalue weighted by Crippen LogP contribution is -2.32. The number of nitrogens with zero attached hydrogens (tertiary/aromatic N) is 1. The Morgan fingerprint density at radius 3 is 2.53 bits per heavy atom. The van der Waals surface area contributed by atoms with Gasteiger partial charge in [0.15, 0.2) is 6.04 Å². The van der Waals surface area contributed by atoms with Gasteiger partial charge in [-0.25, -0.2) is 9.59 Å². The minimum Gasteiger partial charge on any atom is -0.479 e. The van der Waals surface area contributed by atoms with E-state index < -0.39 is 18.1 Å². The van der Waals surface area contributed by atoms with Gasteiger partial charge in [0.25, 0.3) is 0 Å². The minimum absolute atomic E-state index is 0.141. The molecule has 0 radical (unpaired) electrons. The number of fused-ring (bicyclic) bond motifs is 1. The van der Waals surface area contributed by atoms with Crippen LogP contribution in [0, 0.1) is 0 Å². The van der Waals surface area contributed by atoms with E-state index >= 15 is 0 Å². The Balaban J connectivity index is 2.46. The van der Waals surface area contributed by atoms with Crippen LogP contribution in [0.3, 0.4) is 0 Å². The fourth-order valence-corrected chi connectivity index (χ4v) is 1.83. The second-order valence-corrected chi connectivity index (χ2v) is 3.35.